The summed E-state index contributed by atoms with van der Waals surface area (Å²) in [5.74, 6) is -0.00585. The van der Waals surface area contributed by atoms with Gasteiger partial charge in [-0.15, -0.1) is 11.8 Å². The first-order chi connectivity index (χ1) is 8.16. The Balaban J connectivity index is 2.25. The van der Waals surface area contributed by atoms with Gasteiger partial charge in [0.05, 0.1) is 5.88 Å². The molecule has 6 nitrogen and oxygen atoms in total. The zero-order valence-electron chi connectivity index (χ0n) is 9.94. The van der Waals surface area contributed by atoms with Crippen molar-refractivity contribution in [1.82, 2.24) is 15.5 Å². The number of hydrogen-bond donors (Lipinski definition) is 3. The van der Waals surface area contributed by atoms with E-state index in [1.165, 1.54) is 16.7 Å². The van der Waals surface area contributed by atoms with Gasteiger partial charge in [-0.3, -0.25) is 0 Å². The van der Waals surface area contributed by atoms with Crippen molar-refractivity contribution >= 4 is 23.8 Å². The monoisotopic (exact) mass is 261 g/mol. The number of thioether (sulfide) groups is 1. The molecule has 0 aliphatic carbocycles. The third-order valence-electron chi connectivity index (χ3n) is 2.48. The van der Waals surface area contributed by atoms with Gasteiger partial charge in [0.1, 0.15) is 6.04 Å². The van der Waals surface area contributed by atoms with Crippen LogP contribution in [0.5, 0.6) is 0 Å². The first-order valence-corrected chi connectivity index (χ1v) is 6.88. The number of carboxylic acid groups (broad SMARTS) is 1. The van der Waals surface area contributed by atoms with Crippen LogP contribution in [0.15, 0.2) is 0 Å². The highest BCUT2D eigenvalue weighted by atomic mass is 32.2. The van der Waals surface area contributed by atoms with Gasteiger partial charge in [0.2, 0.25) is 0 Å². The molecule has 0 bridgehead atoms. The van der Waals surface area contributed by atoms with Gasteiger partial charge >= 0.3 is 12.0 Å². The lowest BCUT2D eigenvalue weighted by Gasteiger charge is -2.20. The number of nitrogens with one attached hydrogen (secondary N) is 2. The molecule has 7 heteroatoms. The van der Waals surface area contributed by atoms with Crippen LogP contribution in [0.2, 0.25) is 0 Å². The van der Waals surface area contributed by atoms with Crippen molar-refractivity contribution in [2.75, 3.05) is 31.3 Å². The molecule has 0 saturated carbocycles. The largest absolute Gasteiger partial charge is 0.480 e. The van der Waals surface area contributed by atoms with Crippen molar-refractivity contribution in [2.24, 2.45) is 0 Å². The molecule has 1 rings (SSSR count). The average Bonchev–Trinajstić information content (AvgIpc) is 2.77. The van der Waals surface area contributed by atoms with Gasteiger partial charge in [0.15, 0.2) is 0 Å². The molecule has 1 atom stereocenters. The molecule has 0 spiro atoms. The predicted octanol–water partition coefficient (Wildman–Crippen LogP) is 0.155. The molecule has 0 radical (unpaired) electrons. The molecule has 1 heterocycles. The van der Waals surface area contributed by atoms with Gasteiger partial charge in [0.25, 0.3) is 0 Å². The molecule has 1 unspecified atom stereocenters. The minimum atomic E-state index is -0.933. The van der Waals surface area contributed by atoms with Gasteiger partial charge in [-0.1, -0.05) is 6.92 Å². The molecule has 98 valence electrons. The third kappa shape index (κ3) is 4.43. The summed E-state index contributed by atoms with van der Waals surface area (Å²) in [6.45, 7) is 4.36. The van der Waals surface area contributed by atoms with Crippen LogP contribution >= 0.6 is 11.8 Å². The smallest absolute Gasteiger partial charge is 0.327 e. The lowest BCUT2D eigenvalue weighted by molar-refractivity contribution is -0.140. The molecule has 1 aliphatic rings. The predicted molar refractivity (Wildman–Crippen MR) is 67.1 cm³/mol. The summed E-state index contributed by atoms with van der Waals surface area (Å²) in [5, 5.41) is 14.8. The number of carbonyl (C=O) groups is 2. The number of hydrogen-bond acceptors (Lipinski definition) is 4. The van der Waals surface area contributed by atoms with Gasteiger partial charge in [-0.25, -0.2) is 9.59 Å². The number of amides is 2. The van der Waals surface area contributed by atoms with E-state index in [0.29, 0.717) is 18.2 Å². The van der Waals surface area contributed by atoms with Crippen LogP contribution in [0.4, 0.5) is 4.79 Å². The number of carboxylic acids is 1. The standard InChI is InChI=1S/C10H19N3O3S/c1-2-11-4-3-5-12-10(16)13-7-17-6-8(13)9(14)15/h8,11H,2-7H2,1H3,(H,12,16)(H,14,15). The summed E-state index contributed by atoms with van der Waals surface area (Å²) in [4.78, 5) is 24.0. The van der Waals surface area contributed by atoms with Crippen molar-refractivity contribution in [1.29, 1.82) is 0 Å². The fraction of sp³-hybridized carbons (Fsp3) is 0.800. The summed E-state index contributed by atoms with van der Waals surface area (Å²) in [5.41, 5.74) is 0. The Bertz CT molecular complexity index is 276. The van der Waals surface area contributed by atoms with Crippen molar-refractivity contribution in [3.8, 4) is 0 Å². The molecule has 0 aromatic carbocycles. The fourth-order valence-electron chi connectivity index (χ4n) is 1.53. The van der Waals surface area contributed by atoms with E-state index in [4.69, 9.17) is 5.11 Å². The minimum Gasteiger partial charge on any atom is -0.480 e. The molecule has 0 aromatic heterocycles. The first-order valence-electron chi connectivity index (χ1n) is 5.72. The Hall–Kier alpha value is -0.950. The van der Waals surface area contributed by atoms with Crippen molar-refractivity contribution in [3.63, 3.8) is 0 Å². The van der Waals surface area contributed by atoms with E-state index in [1.807, 2.05) is 6.92 Å². The Morgan fingerprint density at radius 3 is 2.88 bits per heavy atom. The second-order valence-corrected chi connectivity index (χ2v) is 4.76. The number of carbonyl (C=O) groups excluding carboxylic acids is 1. The van der Waals surface area contributed by atoms with Crippen LogP contribution in [-0.4, -0.2) is 59.3 Å². The van der Waals surface area contributed by atoms with Crippen LogP contribution in [-0.2, 0) is 4.79 Å². The van der Waals surface area contributed by atoms with E-state index in [0.717, 1.165) is 19.5 Å². The Morgan fingerprint density at radius 1 is 1.47 bits per heavy atom. The molecule has 17 heavy (non-hydrogen) atoms. The van der Waals surface area contributed by atoms with E-state index < -0.39 is 12.0 Å². The molecule has 1 fully saturated rings. The maximum atomic E-state index is 11.7. The van der Waals surface area contributed by atoms with E-state index >= 15 is 0 Å². The van der Waals surface area contributed by atoms with Crippen molar-refractivity contribution in [2.45, 2.75) is 19.4 Å². The highest BCUT2D eigenvalue weighted by Crippen LogP contribution is 2.20. The van der Waals surface area contributed by atoms with Gasteiger partial charge in [0, 0.05) is 12.3 Å². The summed E-state index contributed by atoms with van der Waals surface area (Å²) in [7, 11) is 0. The van der Waals surface area contributed by atoms with Crippen LogP contribution in [0.25, 0.3) is 0 Å². The molecular weight excluding hydrogens is 242 g/mol. The molecule has 1 saturated heterocycles. The average molecular weight is 261 g/mol. The maximum absolute atomic E-state index is 11.7. The zero-order valence-corrected chi connectivity index (χ0v) is 10.8. The van der Waals surface area contributed by atoms with E-state index in [9.17, 15) is 9.59 Å². The second kappa shape index (κ2) is 7.39. The Morgan fingerprint density at radius 2 is 2.24 bits per heavy atom. The van der Waals surface area contributed by atoms with Crippen LogP contribution < -0.4 is 10.6 Å². The number of urea groups is 1. The lowest BCUT2D eigenvalue weighted by atomic mass is 10.3. The van der Waals surface area contributed by atoms with Crippen LogP contribution in [0.3, 0.4) is 0 Å². The van der Waals surface area contributed by atoms with Gasteiger partial charge < -0.3 is 20.6 Å². The summed E-state index contributed by atoms with van der Waals surface area (Å²) >= 11 is 1.47. The molecule has 1 aliphatic heterocycles. The summed E-state index contributed by atoms with van der Waals surface area (Å²) in [6.07, 6.45) is 0.846. The highest BCUT2D eigenvalue weighted by molar-refractivity contribution is 7.99. The van der Waals surface area contributed by atoms with Crippen molar-refractivity contribution in [3.05, 3.63) is 0 Å². The van der Waals surface area contributed by atoms with Gasteiger partial charge in [-0.2, -0.15) is 0 Å². The number of nitrogens with zero attached hydrogens (tertiary/aromatic N) is 1. The SMILES string of the molecule is CCNCCCNC(=O)N1CSCC1C(=O)O. The molecule has 3 N–H and O–H groups in total. The maximum Gasteiger partial charge on any atom is 0.327 e. The number of aliphatic carboxylic acids is 1. The minimum absolute atomic E-state index is 0.279. The Kier molecular flexibility index (Phi) is 6.13. The number of rotatable bonds is 6. The fourth-order valence-corrected chi connectivity index (χ4v) is 2.68. The van der Waals surface area contributed by atoms with Gasteiger partial charge in [-0.05, 0) is 19.5 Å². The van der Waals surface area contributed by atoms with Crippen LogP contribution in [0.1, 0.15) is 13.3 Å². The van der Waals surface area contributed by atoms with E-state index in [2.05, 4.69) is 10.6 Å². The summed E-state index contributed by atoms with van der Waals surface area (Å²) in [6, 6.07) is -0.965. The Labute approximate surface area is 105 Å². The normalized spacial score (nSPS) is 19.4. The third-order valence-corrected chi connectivity index (χ3v) is 3.50. The van der Waals surface area contributed by atoms with Crippen molar-refractivity contribution < 1.29 is 14.7 Å². The highest BCUT2D eigenvalue weighted by Gasteiger charge is 2.34. The topological polar surface area (TPSA) is 81.7 Å². The van der Waals surface area contributed by atoms with Crippen LogP contribution in [0, 0.1) is 0 Å². The first kappa shape index (κ1) is 14.1. The molecule has 0 aromatic rings. The molecular formula is C10H19N3O3S. The van der Waals surface area contributed by atoms with E-state index in [-0.39, 0.29) is 6.03 Å². The molecule has 2 amide bonds. The second-order valence-electron chi connectivity index (χ2n) is 3.76. The summed E-state index contributed by atoms with van der Waals surface area (Å²) < 4.78 is 0. The zero-order chi connectivity index (χ0) is 12.7. The van der Waals surface area contributed by atoms with E-state index in [1.54, 1.807) is 0 Å². The lowest BCUT2D eigenvalue weighted by Crippen LogP contribution is -2.47. The quantitative estimate of drug-likeness (QED) is 0.593.